The van der Waals surface area contributed by atoms with Crippen LogP contribution in [0.4, 0.5) is 5.69 Å². The maximum Gasteiger partial charge on any atom is 0.310 e. The van der Waals surface area contributed by atoms with Crippen molar-refractivity contribution < 1.29 is 29.3 Å². The number of aliphatic carboxylic acids is 1. The summed E-state index contributed by atoms with van der Waals surface area (Å²) in [6.45, 7) is 11.5. The number of hydrogen-bond acceptors (Lipinski definition) is 5. The second-order valence-electron chi connectivity index (χ2n) is 10.3. The molecule has 3 aliphatic rings. The summed E-state index contributed by atoms with van der Waals surface area (Å²) in [5.74, 6) is -3.86. The highest BCUT2D eigenvalue weighted by atomic mass is 16.5. The van der Waals surface area contributed by atoms with Gasteiger partial charge < -0.3 is 24.7 Å². The van der Waals surface area contributed by atoms with Gasteiger partial charge in [0.25, 0.3) is 5.91 Å². The lowest BCUT2D eigenvalue weighted by molar-refractivity contribution is -0.151. The van der Waals surface area contributed by atoms with Gasteiger partial charge in [0.1, 0.15) is 11.6 Å². The molecule has 1 aromatic rings. The molecule has 2 N–H and O–H groups in total. The molecule has 0 saturated carbocycles. The molecule has 3 saturated heterocycles. The van der Waals surface area contributed by atoms with E-state index < -0.39 is 47.5 Å². The van der Waals surface area contributed by atoms with Crippen LogP contribution < -0.4 is 4.90 Å². The zero-order valence-electron chi connectivity index (χ0n) is 20.9. The number of carbonyl (C=O) groups excluding carboxylic acids is 2. The third-order valence-electron chi connectivity index (χ3n) is 8.34. The largest absolute Gasteiger partial charge is 0.481 e. The van der Waals surface area contributed by atoms with Crippen molar-refractivity contribution in [3.63, 3.8) is 0 Å². The average molecular weight is 485 g/mol. The molecule has 2 amide bonds. The summed E-state index contributed by atoms with van der Waals surface area (Å²) >= 11 is 0. The third kappa shape index (κ3) is 3.78. The molecule has 0 aromatic heterocycles. The first-order valence-electron chi connectivity index (χ1n) is 12.5. The maximum absolute atomic E-state index is 14.5. The Morgan fingerprint density at radius 2 is 2.09 bits per heavy atom. The summed E-state index contributed by atoms with van der Waals surface area (Å²) in [6.07, 6.45) is 2.64. The van der Waals surface area contributed by atoms with E-state index in [1.807, 2.05) is 45.9 Å². The van der Waals surface area contributed by atoms with Crippen molar-refractivity contribution in [3.8, 4) is 0 Å². The predicted molar refractivity (Wildman–Crippen MR) is 131 cm³/mol. The highest BCUT2D eigenvalue weighted by molar-refractivity contribution is 6.05. The summed E-state index contributed by atoms with van der Waals surface area (Å²) in [7, 11) is 0. The van der Waals surface area contributed by atoms with Crippen LogP contribution in [0.1, 0.15) is 44.2 Å². The number of hydrogen-bond donors (Lipinski definition) is 2. The van der Waals surface area contributed by atoms with Gasteiger partial charge in [-0.3, -0.25) is 14.4 Å². The summed E-state index contributed by atoms with van der Waals surface area (Å²) in [5, 5.41) is 20.3. The number of ether oxygens (including phenoxy) is 1. The van der Waals surface area contributed by atoms with Gasteiger partial charge in [0.05, 0.1) is 30.6 Å². The Bertz CT molecular complexity index is 1040. The van der Waals surface area contributed by atoms with E-state index in [4.69, 9.17) is 4.74 Å². The van der Waals surface area contributed by atoms with Gasteiger partial charge >= 0.3 is 5.97 Å². The Morgan fingerprint density at radius 3 is 2.69 bits per heavy atom. The SMILES string of the molecule is C=CCN(C(=O)[C@@H]1N([C@@H](CO)[C@@H](C)CC)C(=O)[C@H]2[C@H](C(=O)O)[C@@H]3CC[C@]12O3)c1cc(C)ccc1C. The van der Waals surface area contributed by atoms with Gasteiger partial charge in [0, 0.05) is 12.2 Å². The summed E-state index contributed by atoms with van der Waals surface area (Å²) in [4.78, 5) is 43.7. The highest BCUT2D eigenvalue weighted by Crippen LogP contribution is 2.59. The summed E-state index contributed by atoms with van der Waals surface area (Å²) < 4.78 is 6.32. The highest BCUT2D eigenvalue weighted by Gasteiger charge is 2.75. The van der Waals surface area contributed by atoms with Crippen molar-refractivity contribution in [3.05, 3.63) is 42.0 Å². The average Bonchev–Trinajstić information content (AvgIpc) is 3.47. The molecule has 8 heteroatoms. The molecule has 4 rings (SSSR count). The number of likely N-dealkylation sites (tertiary alicyclic amines) is 1. The molecular formula is C27H36N2O6. The van der Waals surface area contributed by atoms with E-state index in [2.05, 4.69) is 6.58 Å². The second-order valence-corrected chi connectivity index (χ2v) is 10.3. The van der Waals surface area contributed by atoms with Crippen LogP contribution in [0, 0.1) is 31.6 Å². The standard InChI is InChI=1S/C27H36N2O6/c1-6-12-28(18-13-15(3)8-9-17(18)5)25(32)23-27-11-10-20(35-27)21(26(33)34)22(27)24(31)29(23)19(14-30)16(4)7-2/h6,8-9,13,16,19-23,30H,1,7,10-12,14H2,2-5H3,(H,33,34)/t16-,19-,20-,21+,22+,23-,27+/m0/s1. The fraction of sp³-hybridized carbons (Fsp3) is 0.593. The van der Waals surface area contributed by atoms with E-state index >= 15 is 0 Å². The fourth-order valence-electron chi connectivity index (χ4n) is 6.42. The van der Waals surface area contributed by atoms with Crippen molar-refractivity contribution in [1.82, 2.24) is 4.90 Å². The van der Waals surface area contributed by atoms with Crippen LogP contribution in [0.3, 0.4) is 0 Å². The van der Waals surface area contributed by atoms with E-state index in [1.54, 1.807) is 11.0 Å². The van der Waals surface area contributed by atoms with E-state index in [-0.39, 0.29) is 25.0 Å². The van der Waals surface area contributed by atoms with Crippen molar-refractivity contribution >= 4 is 23.5 Å². The molecule has 1 aromatic carbocycles. The van der Waals surface area contributed by atoms with Gasteiger partial charge in [-0.1, -0.05) is 38.5 Å². The van der Waals surface area contributed by atoms with Gasteiger partial charge in [0.2, 0.25) is 5.91 Å². The van der Waals surface area contributed by atoms with Crippen LogP contribution in [-0.4, -0.2) is 69.8 Å². The molecule has 3 heterocycles. The molecule has 3 fully saturated rings. The van der Waals surface area contributed by atoms with Gasteiger partial charge in [-0.05, 0) is 49.8 Å². The van der Waals surface area contributed by atoms with E-state index in [1.165, 1.54) is 4.90 Å². The number of aliphatic hydroxyl groups excluding tert-OH is 1. The van der Waals surface area contributed by atoms with E-state index in [9.17, 15) is 24.6 Å². The number of carboxylic acids is 1. The smallest absolute Gasteiger partial charge is 0.310 e. The first kappa shape index (κ1) is 25.4. The van der Waals surface area contributed by atoms with Crippen molar-refractivity contribution in [2.24, 2.45) is 17.8 Å². The number of nitrogens with zero attached hydrogens (tertiary/aromatic N) is 2. The molecule has 8 nitrogen and oxygen atoms in total. The van der Waals surface area contributed by atoms with Crippen molar-refractivity contribution in [2.75, 3.05) is 18.1 Å². The molecule has 7 atom stereocenters. The fourth-order valence-corrected chi connectivity index (χ4v) is 6.42. The number of amides is 2. The summed E-state index contributed by atoms with van der Waals surface area (Å²) in [6, 6.07) is 4.20. The minimum atomic E-state index is -1.22. The van der Waals surface area contributed by atoms with Crippen LogP contribution >= 0.6 is 0 Å². The number of carboxylic acid groups (broad SMARTS) is 1. The third-order valence-corrected chi connectivity index (χ3v) is 8.34. The zero-order chi connectivity index (χ0) is 25.7. The first-order chi connectivity index (χ1) is 16.6. The minimum Gasteiger partial charge on any atom is -0.481 e. The van der Waals surface area contributed by atoms with E-state index in [0.717, 1.165) is 11.1 Å². The lowest BCUT2D eigenvalue weighted by Crippen LogP contribution is -2.60. The lowest BCUT2D eigenvalue weighted by atomic mass is 9.70. The molecule has 0 aliphatic carbocycles. The normalized spacial score (nSPS) is 30.8. The molecule has 1 spiro atoms. The van der Waals surface area contributed by atoms with Gasteiger partial charge in [-0.25, -0.2) is 0 Å². The Hall–Kier alpha value is -2.71. The molecule has 0 radical (unpaired) electrons. The molecule has 0 unspecified atom stereocenters. The number of aliphatic hydroxyl groups is 1. The minimum absolute atomic E-state index is 0.0940. The monoisotopic (exact) mass is 484 g/mol. The van der Waals surface area contributed by atoms with Gasteiger partial charge in [0.15, 0.2) is 0 Å². The molecule has 2 bridgehead atoms. The van der Waals surface area contributed by atoms with Gasteiger partial charge in [-0.2, -0.15) is 0 Å². The van der Waals surface area contributed by atoms with Gasteiger partial charge in [-0.15, -0.1) is 6.58 Å². The number of aryl methyl sites for hydroxylation is 2. The van der Waals surface area contributed by atoms with E-state index in [0.29, 0.717) is 24.9 Å². The maximum atomic E-state index is 14.5. The Labute approximate surface area is 206 Å². The number of fused-ring (bicyclic) bond motifs is 1. The van der Waals surface area contributed by atoms with Crippen LogP contribution in [0.5, 0.6) is 0 Å². The molecular weight excluding hydrogens is 448 g/mol. The second kappa shape index (κ2) is 9.39. The zero-order valence-corrected chi connectivity index (χ0v) is 20.9. The quantitative estimate of drug-likeness (QED) is 0.522. The first-order valence-corrected chi connectivity index (χ1v) is 12.5. The Morgan fingerprint density at radius 1 is 1.37 bits per heavy atom. The van der Waals surface area contributed by atoms with Crippen LogP contribution in [-0.2, 0) is 19.1 Å². The Balaban J connectivity index is 1.87. The number of carbonyl (C=O) groups is 3. The van der Waals surface area contributed by atoms with Crippen molar-refractivity contribution in [1.29, 1.82) is 0 Å². The van der Waals surface area contributed by atoms with Crippen LogP contribution in [0.2, 0.25) is 0 Å². The number of benzene rings is 1. The number of anilines is 1. The predicted octanol–water partition coefficient (Wildman–Crippen LogP) is 2.69. The van der Waals surface area contributed by atoms with Crippen LogP contribution in [0.15, 0.2) is 30.9 Å². The molecule has 3 aliphatic heterocycles. The van der Waals surface area contributed by atoms with Crippen LogP contribution in [0.25, 0.3) is 0 Å². The number of rotatable bonds is 9. The Kier molecular flexibility index (Phi) is 6.81. The summed E-state index contributed by atoms with van der Waals surface area (Å²) in [5.41, 5.74) is 1.38. The molecule has 190 valence electrons. The van der Waals surface area contributed by atoms with Crippen molar-refractivity contribution in [2.45, 2.75) is 70.7 Å². The lowest BCUT2D eigenvalue weighted by Gasteiger charge is -2.41. The topological polar surface area (TPSA) is 107 Å². The molecule has 35 heavy (non-hydrogen) atoms.